The Balaban J connectivity index is 1.70. The van der Waals surface area contributed by atoms with Crippen LogP contribution >= 0.6 is 0 Å². The molecule has 0 saturated heterocycles. The van der Waals surface area contributed by atoms with Crippen molar-refractivity contribution in [1.29, 1.82) is 0 Å². The summed E-state index contributed by atoms with van der Waals surface area (Å²) in [6.45, 7) is 2.25. The quantitative estimate of drug-likeness (QED) is 0.625. The summed E-state index contributed by atoms with van der Waals surface area (Å²) in [6.07, 6.45) is -4.90. The van der Waals surface area contributed by atoms with Gasteiger partial charge in [-0.15, -0.1) is 13.2 Å². The fourth-order valence-electron chi connectivity index (χ4n) is 2.56. The van der Waals surface area contributed by atoms with Gasteiger partial charge in [-0.05, 0) is 31.2 Å². The van der Waals surface area contributed by atoms with Crippen molar-refractivity contribution in [2.45, 2.75) is 19.8 Å². The summed E-state index contributed by atoms with van der Waals surface area (Å²) in [6, 6.07) is 12.3. The summed E-state index contributed by atoms with van der Waals surface area (Å²) >= 11 is 0. The lowest BCUT2D eigenvalue weighted by Gasteiger charge is -2.12. The predicted molar refractivity (Wildman–Crippen MR) is 97.3 cm³/mol. The third-order valence-electron chi connectivity index (χ3n) is 3.74. The van der Waals surface area contributed by atoms with Crippen molar-refractivity contribution in [3.63, 3.8) is 0 Å². The molecule has 0 spiro atoms. The molecule has 0 aliphatic rings. The van der Waals surface area contributed by atoms with Gasteiger partial charge in [0.25, 0.3) is 5.91 Å². The lowest BCUT2D eigenvalue weighted by Crippen LogP contribution is -2.26. The van der Waals surface area contributed by atoms with E-state index in [1.54, 1.807) is 12.1 Å². The van der Waals surface area contributed by atoms with Gasteiger partial charge in [-0.25, -0.2) is 4.98 Å². The number of H-pyrrole nitrogens is 1. The van der Waals surface area contributed by atoms with Crippen molar-refractivity contribution in [2.24, 2.45) is 0 Å². The number of halogens is 3. The average molecular weight is 406 g/mol. The Bertz CT molecular complexity index is 989. The number of alkyl halides is 3. The Morgan fingerprint density at radius 1 is 1.10 bits per heavy atom. The molecule has 0 fully saturated rings. The Hall–Kier alpha value is -3.56. The van der Waals surface area contributed by atoms with E-state index < -0.39 is 18.0 Å². The van der Waals surface area contributed by atoms with Crippen LogP contribution in [0.1, 0.15) is 23.1 Å². The summed E-state index contributed by atoms with van der Waals surface area (Å²) in [7, 11) is 0. The number of carbonyl (C=O) groups excluding carboxylic acids is 1. The van der Waals surface area contributed by atoms with Crippen LogP contribution in [-0.4, -0.2) is 34.1 Å². The number of ether oxygens (including phenoxy) is 2. The van der Waals surface area contributed by atoms with Crippen molar-refractivity contribution in [2.75, 3.05) is 6.61 Å². The minimum absolute atomic E-state index is 0.0908. The van der Waals surface area contributed by atoms with Crippen LogP contribution in [0.4, 0.5) is 13.2 Å². The van der Waals surface area contributed by atoms with Crippen LogP contribution in [-0.2, 0) is 6.54 Å². The van der Waals surface area contributed by atoms with Crippen molar-refractivity contribution in [3.05, 3.63) is 59.9 Å². The van der Waals surface area contributed by atoms with Crippen LogP contribution < -0.4 is 14.8 Å². The smallest absolute Gasteiger partial charge is 0.493 e. The normalized spacial score (nSPS) is 11.2. The van der Waals surface area contributed by atoms with Gasteiger partial charge in [-0.1, -0.05) is 24.3 Å². The number of hydrogen-bond donors (Lipinski definition) is 2. The van der Waals surface area contributed by atoms with Crippen molar-refractivity contribution in [3.8, 4) is 22.9 Å². The Morgan fingerprint density at radius 2 is 1.79 bits per heavy atom. The molecule has 1 amide bonds. The van der Waals surface area contributed by atoms with Crippen LogP contribution in [0.15, 0.2) is 48.5 Å². The molecule has 0 aliphatic carbocycles. The lowest BCUT2D eigenvalue weighted by molar-refractivity contribution is -0.274. The van der Waals surface area contributed by atoms with Gasteiger partial charge in [-0.2, -0.15) is 5.10 Å². The molecule has 0 atom stereocenters. The molecule has 0 aliphatic heterocycles. The van der Waals surface area contributed by atoms with Gasteiger partial charge in [0.2, 0.25) is 0 Å². The fourth-order valence-corrected chi connectivity index (χ4v) is 2.56. The summed E-state index contributed by atoms with van der Waals surface area (Å²) in [5.74, 6) is -0.00215. The number of benzene rings is 2. The second-order valence-electron chi connectivity index (χ2n) is 5.76. The standard InChI is InChI=1S/C19H17F3N4O3/c1-2-28-14-9-5-3-7-12(14)17-24-16(25-26-17)11-23-18(27)13-8-4-6-10-15(13)29-19(20,21)22/h3-10H,2,11H2,1H3,(H,23,27)(H,24,25,26). The summed E-state index contributed by atoms with van der Waals surface area (Å²) in [4.78, 5) is 16.6. The van der Waals surface area contributed by atoms with Gasteiger partial charge in [-0.3, -0.25) is 9.89 Å². The first-order chi connectivity index (χ1) is 13.9. The summed E-state index contributed by atoms with van der Waals surface area (Å²) in [5, 5.41) is 9.27. The van der Waals surface area contributed by atoms with E-state index in [1.165, 1.54) is 18.2 Å². The molecule has 0 unspecified atom stereocenters. The largest absolute Gasteiger partial charge is 0.573 e. The molecule has 2 aromatic carbocycles. The molecule has 0 radical (unpaired) electrons. The predicted octanol–water partition coefficient (Wildman–Crippen LogP) is 3.70. The number of hydrogen-bond acceptors (Lipinski definition) is 5. The Labute approximate surface area is 163 Å². The topological polar surface area (TPSA) is 89.1 Å². The first-order valence-corrected chi connectivity index (χ1v) is 8.64. The number of carbonyl (C=O) groups is 1. The van der Waals surface area contributed by atoms with Gasteiger partial charge in [0.15, 0.2) is 11.6 Å². The maximum absolute atomic E-state index is 12.5. The number of nitrogens with one attached hydrogen (secondary N) is 2. The van der Waals surface area contributed by atoms with E-state index in [4.69, 9.17) is 4.74 Å². The molecule has 1 aromatic heterocycles. The van der Waals surface area contributed by atoms with E-state index in [9.17, 15) is 18.0 Å². The van der Waals surface area contributed by atoms with Gasteiger partial charge in [0, 0.05) is 0 Å². The van der Waals surface area contributed by atoms with Gasteiger partial charge in [0.05, 0.1) is 24.3 Å². The molecule has 0 saturated carbocycles. The number of para-hydroxylation sites is 2. The number of rotatable bonds is 7. The molecular formula is C19H17F3N4O3. The first kappa shape index (κ1) is 20.2. The number of aromatic nitrogens is 3. The maximum Gasteiger partial charge on any atom is 0.573 e. The molecule has 1 heterocycles. The van der Waals surface area contributed by atoms with Gasteiger partial charge >= 0.3 is 6.36 Å². The number of amides is 1. The summed E-state index contributed by atoms with van der Waals surface area (Å²) in [5.41, 5.74) is 0.450. The summed E-state index contributed by atoms with van der Waals surface area (Å²) < 4.78 is 46.9. The minimum atomic E-state index is -4.90. The molecule has 3 aromatic rings. The molecule has 29 heavy (non-hydrogen) atoms. The first-order valence-electron chi connectivity index (χ1n) is 8.64. The van der Waals surface area contributed by atoms with E-state index >= 15 is 0 Å². The van der Waals surface area contributed by atoms with E-state index in [0.717, 1.165) is 6.07 Å². The second-order valence-corrected chi connectivity index (χ2v) is 5.76. The maximum atomic E-state index is 12.5. The van der Waals surface area contributed by atoms with Crippen molar-refractivity contribution in [1.82, 2.24) is 20.5 Å². The molecule has 10 heteroatoms. The minimum Gasteiger partial charge on any atom is -0.493 e. The van der Waals surface area contributed by atoms with Crippen LogP contribution in [0.5, 0.6) is 11.5 Å². The highest BCUT2D eigenvalue weighted by Crippen LogP contribution is 2.27. The van der Waals surface area contributed by atoms with Crippen LogP contribution in [0.2, 0.25) is 0 Å². The number of nitrogens with zero attached hydrogens (tertiary/aromatic N) is 2. The second kappa shape index (κ2) is 8.63. The van der Waals surface area contributed by atoms with Gasteiger partial charge in [0.1, 0.15) is 11.5 Å². The third kappa shape index (κ3) is 5.24. The highest BCUT2D eigenvalue weighted by molar-refractivity contribution is 5.96. The Kier molecular flexibility index (Phi) is 6.01. The monoisotopic (exact) mass is 406 g/mol. The van der Waals surface area contributed by atoms with Crippen LogP contribution in [0.3, 0.4) is 0 Å². The molecule has 152 valence electrons. The zero-order valence-electron chi connectivity index (χ0n) is 15.3. The van der Waals surface area contributed by atoms with Crippen LogP contribution in [0.25, 0.3) is 11.4 Å². The number of aromatic amines is 1. The van der Waals surface area contributed by atoms with E-state index in [0.29, 0.717) is 23.7 Å². The highest BCUT2D eigenvalue weighted by atomic mass is 19.4. The Morgan fingerprint density at radius 3 is 2.52 bits per heavy atom. The molecular weight excluding hydrogens is 389 g/mol. The average Bonchev–Trinajstić information content (AvgIpc) is 3.15. The van der Waals surface area contributed by atoms with E-state index in [1.807, 2.05) is 19.1 Å². The molecule has 3 rings (SSSR count). The fraction of sp³-hybridized carbons (Fsp3) is 0.211. The van der Waals surface area contributed by atoms with Crippen LogP contribution in [0, 0.1) is 0 Å². The molecule has 2 N–H and O–H groups in total. The van der Waals surface area contributed by atoms with Gasteiger partial charge < -0.3 is 14.8 Å². The molecule has 7 nitrogen and oxygen atoms in total. The third-order valence-corrected chi connectivity index (χ3v) is 3.74. The van der Waals surface area contributed by atoms with E-state index in [2.05, 4.69) is 25.2 Å². The van der Waals surface area contributed by atoms with E-state index in [-0.39, 0.29) is 17.9 Å². The SMILES string of the molecule is CCOc1ccccc1-c1nc(CNC(=O)c2ccccc2OC(F)(F)F)n[nH]1. The van der Waals surface area contributed by atoms with Crippen molar-refractivity contribution >= 4 is 5.91 Å². The van der Waals surface area contributed by atoms with Crippen molar-refractivity contribution < 1.29 is 27.4 Å². The zero-order chi connectivity index (χ0) is 20.9. The lowest BCUT2D eigenvalue weighted by atomic mass is 10.2. The highest BCUT2D eigenvalue weighted by Gasteiger charge is 2.32. The molecule has 0 bridgehead atoms. The zero-order valence-corrected chi connectivity index (χ0v) is 15.3.